The molecule has 1 saturated carbocycles. The summed E-state index contributed by atoms with van der Waals surface area (Å²) < 4.78 is 0. The van der Waals surface area contributed by atoms with Crippen molar-refractivity contribution in [2.75, 3.05) is 0 Å². The predicted octanol–water partition coefficient (Wildman–Crippen LogP) is 3.28. The molecule has 2 fully saturated rings. The maximum Gasteiger partial charge on any atom is 0.230 e. The van der Waals surface area contributed by atoms with E-state index in [0.717, 1.165) is 25.7 Å². The van der Waals surface area contributed by atoms with Crippen LogP contribution < -0.4 is 5.32 Å². The molecule has 0 aromatic rings. The maximum absolute atomic E-state index is 12.3. The molecule has 2 amide bonds. The molecule has 2 atom stereocenters. The van der Waals surface area contributed by atoms with Crippen molar-refractivity contribution < 1.29 is 9.59 Å². The second-order valence-electron chi connectivity index (χ2n) is 7.20. The molecule has 2 unspecified atom stereocenters. The standard InChI is InChI=1S/C16H27NO2/c1-11(2)8-9-16(3)10-13(18)17-15(19)14(16)12-6-4-5-7-12/h11-12,14H,4-10H2,1-3H3,(H,17,18,19). The summed E-state index contributed by atoms with van der Waals surface area (Å²) in [5.41, 5.74) is -0.126. The van der Waals surface area contributed by atoms with Crippen LogP contribution in [0.4, 0.5) is 0 Å². The summed E-state index contributed by atoms with van der Waals surface area (Å²) in [7, 11) is 0. The lowest BCUT2D eigenvalue weighted by Crippen LogP contribution is -2.53. The third-order valence-electron chi connectivity index (χ3n) is 5.02. The first-order valence-corrected chi connectivity index (χ1v) is 7.76. The van der Waals surface area contributed by atoms with E-state index in [1.54, 1.807) is 0 Å². The highest BCUT2D eigenvalue weighted by atomic mass is 16.2. The molecule has 2 rings (SSSR count). The maximum atomic E-state index is 12.3. The third kappa shape index (κ3) is 3.18. The van der Waals surface area contributed by atoms with E-state index in [9.17, 15) is 9.59 Å². The minimum absolute atomic E-state index is 0.00518. The van der Waals surface area contributed by atoms with Gasteiger partial charge in [0.05, 0.1) is 0 Å². The normalized spacial score (nSPS) is 32.9. The lowest BCUT2D eigenvalue weighted by Gasteiger charge is -2.43. The lowest BCUT2D eigenvalue weighted by molar-refractivity contribution is -0.146. The molecular formula is C16H27NO2. The number of carbonyl (C=O) groups excluding carboxylic acids is 2. The lowest BCUT2D eigenvalue weighted by atomic mass is 9.63. The van der Waals surface area contributed by atoms with E-state index in [-0.39, 0.29) is 23.1 Å². The zero-order chi connectivity index (χ0) is 14.0. The van der Waals surface area contributed by atoms with Gasteiger partial charge in [0, 0.05) is 12.3 Å². The number of carbonyl (C=O) groups is 2. The van der Waals surface area contributed by atoms with Crippen molar-refractivity contribution in [1.29, 1.82) is 0 Å². The van der Waals surface area contributed by atoms with Crippen LogP contribution in [0.25, 0.3) is 0 Å². The van der Waals surface area contributed by atoms with Gasteiger partial charge in [0.15, 0.2) is 0 Å². The Hall–Kier alpha value is -0.860. The topological polar surface area (TPSA) is 46.2 Å². The van der Waals surface area contributed by atoms with Crippen molar-refractivity contribution >= 4 is 11.8 Å². The van der Waals surface area contributed by atoms with E-state index in [2.05, 4.69) is 26.1 Å². The molecule has 0 aromatic carbocycles. The highest BCUT2D eigenvalue weighted by Crippen LogP contribution is 2.48. The van der Waals surface area contributed by atoms with Crippen LogP contribution in [0, 0.1) is 23.2 Å². The number of hydrogen-bond acceptors (Lipinski definition) is 2. The summed E-state index contributed by atoms with van der Waals surface area (Å²) in [5.74, 6) is 1.08. The molecule has 0 spiro atoms. The average molecular weight is 265 g/mol. The van der Waals surface area contributed by atoms with Gasteiger partial charge in [-0.3, -0.25) is 14.9 Å². The number of nitrogens with one attached hydrogen (secondary N) is 1. The molecule has 0 radical (unpaired) electrons. The molecule has 1 N–H and O–H groups in total. The van der Waals surface area contributed by atoms with Gasteiger partial charge in [-0.15, -0.1) is 0 Å². The van der Waals surface area contributed by atoms with Crippen molar-refractivity contribution in [3.63, 3.8) is 0 Å². The Labute approximate surface area is 116 Å². The molecular weight excluding hydrogens is 238 g/mol. The first kappa shape index (κ1) is 14.5. The van der Waals surface area contributed by atoms with Crippen LogP contribution in [0.1, 0.15) is 65.7 Å². The number of hydrogen-bond donors (Lipinski definition) is 1. The molecule has 108 valence electrons. The zero-order valence-corrected chi connectivity index (χ0v) is 12.5. The van der Waals surface area contributed by atoms with Crippen molar-refractivity contribution in [2.45, 2.75) is 65.7 Å². The van der Waals surface area contributed by atoms with Crippen LogP contribution >= 0.6 is 0 Å². The summed E-state index contributed by atoms with van der Waals surface area (Å²) >= 11 is 0. The molecule has 19 heavy (non-hydrogen) atoms. The highest BCUT2D eigenvalue weighted by Gasteiger charge is 2.48. The van der Waals surface area contributed by atoms with Gasteiger partial charge in [0.25, 0.3) is 0 Å². The van der Waals surface area contributed by atoms with Crippen LogP contribution in [0.3, 0.4) is 0 Å². The number of rotatable bonds is 4. The minimum atomic E-state index is -0.126. The third-order valence-corrected chi connectivity index (χ3v) is 5.02. The SMILES string of the molecule is CC(C)CCC1(C)CC(=O)NC(=O)C1C1CCCC1. The van der Waals surface area contributed by atoms with E-state index in [1.807, 2.05) is 0 Å². The van der Waals surface area contributed by atoms with Crippen LogP contribution in [0.2, 0.25) is 0 Å². The molecule has 1 aliphatic heterocycles. The van der Waals surface area contributed by atoms with Gasteiger partial charge >= 0.3 is 0 Å². The Morgan fingerprint density at radius 1 is 1.26 bits per heavy atom. The van der Waals surface area contributed by atoms with E-state index >= 15 is 0 Å². The van der Waals surface area contributed by atoms with Gasteiger partial charge in [0.2, 0.25) is 11.8 Å². The summed E-state index contributed by atoms with van der Waals surface area (Å²) in [6.45, 7) is 6.58. The minimum Gasteiger partial charge on any atom is -0.296 e. The second kappa shape index (κ2) is 5.64. The van der Waals surface area contributed by atoms with Crippen molar-refractivity contribution in [1.82, 2.24) is 5.32 Å². The van der Waals surface area contributed by atoms with Crippen molar-refractivity contribution in [2.24, 2.45) is 23.2 Å². The summed E-state index contributed by atoms with van der Waals surface area (Å²) in [6.07, 6.45) is 7.40. The van der Waals surface area contributed by atoms with Crippen LogP contribution in [0.15, 0.2) is 0 Å². The molecule has 0 bridgehead atoms. The van der Waals surface area contributed by atoms with Gasteiger partial charge in [0.1, 0.15) is 0 Å². The van der Waals surface area contributed by atoms with Gasteiger partial charge in [-0.2, -0.15) is 0 Å². The van der Waals surface area contributed by atoms with Crippen LogP contribution in [0.5, 0.6) is 0 Å². The van der Waals surface area contributed by atoms with Gasteiger partial charge < -0.3 is 0 Å². The average Bonchev–Trinajstić information content (AvgIpc) is 2.78. The van der Waals surface area contributed by atoms with Crippen LogP contribution in [-0.4, -0.2) is 11.8 Å². The number of imide groups is 1. The monoisotopic (exact) mass is 265 g/mol. The fourth-order valence-corrected chi connectivity index (χ4v) is 3.99. The fraction of sp³-hybridized carbons (Fsp3) is 0.875. The molecule has 1 heterocycles. The first-order chi connectivity index (χ1) is 8.92. The van der Waals surface area contributed by atoms with E-state index in [4.69, 9.17) is 0 Å². The Kier molecular flexibility index (Phi) is 4.32. The molecule has 1 aliphatic carbocycles. The van der Waals surface area contributed by atoms with Gasteiger partial charge in [-0.1, -0.05) is 40.0 Å². The number of piperidine rings is 1. The molecule has 3 heteroatoms. The Morgan fingerprint density at radius 2 is 1.89 bits per heavy atom. The summed E-state index contributed by atoms with van der Waals surface area (Å²) in [4.78, 5) is 24.1. The first-order valence-electron chi connectivity index (χ1n) is 7.76. The largest absolute Gasteiger partial charge is 0.296 e. The fourth-order valence-electron chi connectivity index (χ4n) is 3.99. The van der Waals surface area contributed by atoms with Crippen molar-refractivity contribution in [3.05, 3.63) is 0 Å². The van der Waals surface area contributed by atoms with Gasteiger partial charge in [-0.05, 0) is 36.5 Å². The smallest absolute Gasteiger partial charge is 0.230 e. The van der Waals surface area contributed by atoms with E-state index in [1.165, 1.54) is 12.8 Å². The molecule has 1 saturated heterocycles. The van der Waals surface area contributed by atoms with E-state index < -0.39 is 0 Å². The number of amides is 2. The Morgan fingerprint density at radius 3 is 2.47 bits per heavy atom. The quantitative estimate of drug-likeness (QED) is 0.793. The van der Waals surface area contributed by atoms with E-state index in [0.29, 0.717) is 18.3 Å². The summed E-state index contributed by atoms with van der Waals surface area (Å²) in [6, 6.07) is 0. The Balaban J connectivity index is 2.17. The summed E-state index contributed by atoms with van der Waals surface area (Å²) in [5, 5.41) is 2.57. The second-order valence-corrected chi connectivity index (χ2v) is 7.20. The highest BCUT2D eigenvalue weighted by molar-refractivity contribution is 5.99. The Bertz CT molecular complexity index is 358. The zero-order valence-electron chi connectivity index (χ0n) is 12.5. The molecule has 2 aliphatic rings. The molecule has 3 nitrogen and oxygen atoms in total. The molecule has 0 aromatic heterocycles. The van der Waals surface area contributed by atoms with Gasteiger partial charge in [-0.25, -0.2) is 0 Å². The predicted molar refractivity (Wildman–Crippen MR) is 75.4 cm³/mol. The van der Waals surface area contributed by atoms with Crippen LogP contribution in [-0.2, 0) is 9.59 Å². The van der Waals surface area contributed by atoms with Crippen molar-refractivity contribution in [3.8, 4) is 0 Å².